The van der Waals surface area contributed by atoms with Crippen LogP contribution in [0.1, 0.15) is 18.5 Å². The number of nitrogens with two attached hydrogens (primary N) is 1. The first-order valence-electron chi connectivity index (χ1n) is 7.24. The highest BCUT2D eigenvalue weighted by molar-refractivity contribution is 5.85. The van der Waals surface area contributed by atoms with Gasteiger partial charge in [-0.25, -0.2) is 0 Å². The molecule has 120 valence electrons. The topological polar surface area (TPSA) is 75.0 Å². The summed E-state index contributed by atoms with van der Waals surface area (Å²) in [4.78, 5) is 13.3. The molecule has 1 aromatic heterocycles. The van der Waals surface area contributed by atoms with Gasteiger partial charge in [0.05, 0.1) is 5.69 Å². The van der Waals surface area contributed by atoms with Crippen molar-refractivity contribution in [1.82, 2.24) is 15.1 Å². The molecule has 1 amide bonds. The van der Waals surface area contributed by atoms with Gasteiger partial charge in [-0.05, 0) is 18.9 Å². The van der Waals surface area contributed by atoms with Crippen LogP contribution in [0, 0.1) is 0 Å². The Hall–Kier alpha value is -1.85. The molecule has 0 unspecified atom stereocenters. The lowest BCUT2D eigenvalue weighted by Crippen LogP contribution is -2.29. The Balaban J connectivity index is 0.00000242. The Bertz CT molecular complexity index is 571. The van der Waals surface area contributed by atoms with Crippen molar-refractivity contribution in [3.05, 3.63) is 42.1 Å². The van der Waals surface area contributed by atoms with Crippen molar-refractivity contribution in [3.8, 4) is 11.3 Å². The zero-order valence-electron chi connectivity index (χ0n) is 12.8. The smallest absolute Gasteiger partial charge is 0.223 e. The van der Waals surface area contributed by atoms with Gasteiger partial charge in [-0.15, -0.1) is 12.4 Å². The fourth-order valence-electron chi connectivity index (χ4n) is 2.19. The molecule has 0 atom stereocenters. The molecule has 0 aliphatic heterocycles. The highest BCUT2D eigenvalue weighted by Gasteiger charge is 2.08. The van der Waals surface area contributed by atoms with Gasteiger partial charge in [0.2, 0.25) is 5.91 Å². The Morgan fingerprint density at radius 1 is 1.32 bits per heavy atom. The van der Waals surface area contributed by atoms with Crippen LogP contribution in [-0.2, 0) is 11.2 Å². The quantitative estimate of drug-likeness (QED) is 0.821. The Labute approximate surface area is 137 Å². The lowest BCUT2D eigenvalue weighted by molar-refractivity contribution is -0.129. The monoisotopic (exact) mass is 322 g/mol. The van der Waals surface area contributed by atoms with Gasteiger partial charge in [-0.3, -0.25) is 9.89 Å². The average molecular weight is 323 g/mol. The molecule has 0 aliphatic rings. The first kappa shape index (κ1) is 18.2. The number of nitrogens with zero attached hydrogens (tertiary/aromatic N) is 2. The Morgan fingerprint density at radius 3 is 2.73 bits per heavy atom. The van der Waals surface area contributed by atoms with Gasteiger partial charge in [-0.1, -0.05) is 30.3 Å². The van der Waals surface area contributed by atoms with Crippen LogP contribution in [0.4, 0.5) is 0 Å². The number of aromatic amines is 1. The van der Waals surface area contributed by atoms with E-state index in [0.717, 1.165) is 36.3 Å². The number of carbonyl (C=O) groups is 1. The summed E-state index contributed by atoms with van der Waals surface area (Å²) in [5.74, 6) is 0.104. The number of benzene rings is 1. The molecule has 0 aliphatic carbocycles. The lowest BCUT2D eigenvalue weighted by Gasteiger charge is -2.16. The number of aromatic nitrogens is 2. The molecule has 1 aromatic carbocycles. The number of carbonyl (C=O) groups excluding carboxylic acids is 1. The molecule has 0 fully saturated rings. The second kappa shape index (κ2) is 9.23. The molecule has 0 saturated heterocycles. The van der Waals surface area contributed by atoms with Crippen molar-refractivity contribution in [1.29, 1.82) is 0 Å². The van der Waals surface area contributed by atoms with Crippen LogP contribution in [0.2, 0.25) is 0 Å². The van der Waals surface area contributed by atoms with E-state index in [1.165, 1.54) is 0 Å². The van der Waals surface area contributed by atoms with Gasteiger partial charge in [0.15, 0.2) is 0 Å². The number of nitrogens with one attached hydrogen (secondary N) is 1. The van der Waals surface area contributed by atoms with Crippen molar-refractivity contribution < 1.29 is 4.79 Å². The van der Waals surface area contributed by atoms with Crippen molar-refractivity contribution >= 4 is 18.3 Å². The molecule has 1 heterocycles. The minimum Gasteiger partial charge on any atom is -0.346 e. The second-order valence-corrected chi connectivity index (χ2v) is 5.10. The first-order valence-corrected chi connectivity index (χ1v) is 7.24. The van der Waals surface area contributed by atoms with Gasteiger partial charge in [0.25, 0.3) is 0 Å². The minimum atomic E-state index is 0. The van der Waals surface area contributed by atoms with Crippen LogP contribution in [-0.4, -0.2) is 41.1 Å². The third kappa shape index (κ3) is 5.16. The highest BCUT2D eigenvalue weighted by atomic mass is 35.5. The van der Waals surface area contributed by atoms with Gasteiger partial charge in [0, 0.05) is 37.8 Å². The number of aryl methyl sites for hydroxylation is 1. The molecule has 0 bridgehead atoms. The van der Waals surface area contributed by atoms with Crippen LogP contribution >= 0.6 is 12.4 Å². The number of amides is 1. The van der Waals surface area contributed by atoms with E-state index in [-0.39, 0.29) is 18.3 Å². The van der Waals surface area contributed by atoms with E-state index >= 15 is 0 Å². The molecular weight excluding hydrogens is 300 g/mol. The third-order valence-electron chi connectivity index (χ3n) is 3.42. The zero-order chi connectivity index (χ0) is 15.1. The summed E-state index contributed by atoms with van der Waals surface area (Å²) >= 11 is 0. The number of rotatable bonds is 7. The molecule has 6 heteroatoms. The summed E-state index contributed by atoms with van der Waals surface area (Å²) in [6.07, 6.45) is 2.20. The third-order valence-corrected chi connectivity index (χ3v) is 3.42. The van der Waals surface area contributed by atoms with E-state index in [0.29, 0.717) is 13.0 Å². The van der Waals surface area contributed by atoms with E-state index in [4.69, 9.17) is 5.73 Å². The Morgan fingerprint density at radius 2 is 2.05 bits per heavy atom. The van der Waals surface area contributed by atoms with Crippen LogP contribution < -0.4 is 5.73 Å². The van der Waals surface area contributed by atoms with Crippen molar-refractivity contribution in [2.75, 3.05) is 20.1 Å². The Kier molecular flexibility index (Phi) is 7.63. The molecule has 3 N–H and O–H groups in total. The summed E-state index contributed by atoms with van der Waals surface area (Å²) in [6, 6.07) is 12.1. The molecule has 5 nitrogen and oxygen atoms in total. The van der Waals surface area contributed by atoms with Crippen molar-refractivity contribution in [2.45, 2.75) is 19.3 Å². The first-order chi connectivity index (χ1) is 10.2. The van der Waals surface area contributed by atoms with E-state index in [9.17, 15) is 4.79 Å². The fraction of sp³-hybridized carbons (Fsp3) is 0.375. The average Bonchev–Trinajstić information content (AvgIpc) is 2.97. The number of hydrogen-bond acceptors (Lipinski definition) is 3. The number of hydrogen-bond donors (Lipinski definition) is 2. The standard InChI is InChI=1S/C16H22N4O.ClH/c1-20(16(21)9-10-17)11-5-8-14-12-15(19-18-14)13-6-3-2-4-7-13;/h2-4,6-7,12H,5,8-11,17H2,1H3,(H,18,19);1H. The maximum Gasteiger partial charge on any atom is 0.223 e. The maximum absolute atomic E-state index is 11.6. The van der Waals surface area contributed by atoms with Crippen LogP contribution in [0.25, 0.3) is 11.3 Å². The summed E-state index contributed by atoms with van der Waals surface area (Å²) in [5, 5.41) is 7.39. The second-order valence-electron chi connectivity index (χ2n) is 5.10. The predicted molar refractivity (Wildman–Crippen MR) is 90.9 cm³/mol. The summed E-state index contributed by atoms with van der Waals surface area (Å²) < 4.78 is 0. The SMILES string of the molecule is CN(CCCc1cc(-c2ccccc2)n[nH]1)C(=O)CCN.Cl. The molecule has 2 rings (SSSR count). The summed E-state index contributed by atoms with van der Waals surface area (Å²) in [6.45, 7) is 1.14. The van der Waals surface area contributed by atoms with E-state index in [1.807, 2.05) is 37.4 Å². The molecule has 2 aromatic rings. The van der Waals surface area contributed by atoms with E-state index < -0.39 is 0 Å². The normalized spacial score (nSPS) is 10.1. The minimum absolute atomic E-state index is 0. The molecule has 22 heavy (non-hydrogen) atoms. The summed E-state index contributed by atoms with van der Waals surface area (Å²) in [5.41, 5.74) is 8.54. The van der Waals surface area contributed by atoms with Crippen LogP contribution in [0.15, 0.2) is 36.4 Å². The molecule has 0 spiro atoms. The van der Waals surface area contributed by atoms with E-state index in [2.05, 4.69) is 16.3 Å². The molecule has 0 saturated carbocycles. The van der Waals surface area contributed by atoms with Crippen LogP contribution in [0.5, 0.6) is 0 Å². The fourth-order valence-corrected chi connectivity index (χ4v) is 2.19. The van der Waals surface area contributed by atoms with Gasteiger partial charge < -0.3 is 10.6 Å². The predicted octanol–water partition coefficient (Wildman–Crippen LogP) is 2.24. The largest absolute Gasteiger partial charge is 0.346 e. The van der Waals surface area contributed by atoms with Crippen LogP contribution in [0.3, 0.4) is 0 Å². The molecule has 0 radical (unpaired) electrons. The number of halogens is 1. The zero-order valence-corrected chi connectivity index (χ0v) is 13.6. The lowest BCUT2D eigenvalue weighted by atomic mass is 10.1. The summed E-state index contributed by atoms with van der Waals surface area (Å²) in [7, 11) is 1.82. The van der Waals surface area contributed by atoms with E-state index in [1.54, 1.807) is 4.90 Å². The molecular formula is C16H23ClN4O. The van der Waals surface area contributed by atoms with Gasteiger partial charge in [-0.2, -0.15) is 5.10 Å². The van der Waals surface area contributed by atoms with Gasteiger partial charge in [0.1, 0.15) is 0 Å². The van der Waals surface area contributed by atoms with Crippen molar-refractivity contribution in [3.63, 3.8) is 0 Å². The highest BCUT2D eigenvalue weighted by Crippen LogP contribution is 2.17. The number of H-pyrrole nitrogens is 1. The van der Waals surface area contributed by atoms with Gasteiger partial charge >= 0.3 is 0 Å². The maximum atomic E-state index is 11.6. The van der Waals surface area contributed by atoms with Crippen molar-refractivity contribution in [2.24, 2.45) is 5.73 Å².